The molecule has 1 unspecified atom stereocenters. The second kappa shape index (κ2) is 6.51. The van der Waals surface area contributed by atoms with Gasteiger partial charge < -0.3 is 5.32 Å². The maximum Gasteiger partial charge on any atom is 0.320 e. The fourth-order valence-corrected chi connectivity index (χ4v) is 4.69. The van der Waals surface area contributed by atoms with Gasteiger partial charge in [-0.3, -0.25) is 5.32 Å². The summed E-state index contributed by atoms with van der Waals surface area (Å²) in [6, 6.07) is 1.47. The molecule has 1 aromatic rings. The van der Waals surface area contributed by atoms with Gasteiger partial charge >= 0.3 is 6.03 Å². The van der Waals surface area contributed by atoms with Gasteiger partial charge in [-0.15, -0.1) is 0 Å². The molecule has 0 saturated carbocycles. The van der Waals surface area contributed by atoms with Gasteiger partial charge in [-0.2, -0.15) is 5.10 Å². The van der Waals surface area contributed by atoms with Crippen LogP contribution in [0.5, 0.6) is 0 Å². The van der Waals surface area contributed by atoms with E-state index >= 15 is 0 Å². The third kappa shape index (κ3) is 4.46. The average Bonchev–Trinajstić information content (AvgIpc) is 2.92. The highest BCUT2D eigenvalue weighted by atomic mass is 32.2. The summed E-state index contributed by atoms with van der Waals surface area (Å²) in [5.74, 6) is 0.898. The van der Waals surface area contributed by atoms with Gasteiger partial charge in [0.2, 0.25) is 0 Å². The Kier molecular flexibility index (Phi) is 5.03. The number of amides is 2. The average molecular weight is 342 g/mol. The predicted octanol–water partition coefficient (Wildman–Crippen LogP) is 2.04. The second-order valence-corrected chi connectivity index (χ2v) is 9.46. The lowest BCUT2D eigenvalue weighted by Crippen LogP contribution is -2.34. The van der Waals surface area contributed by atoms with E-state index in [1.165, 1.54) is 0 Å². The highest BCUT2D eigenvalue weighted by Gasteiger charge is 2.30. The first-order valence-electron chi connectivity index (χ1n) is 7.93. The normalized spacial score (nSPS) is 20.4. The van der Waals surface area contributed by atoms with Crippen LogP contribution < -0.4 is 10.6 Å². The summed E-state index contributed by atoms with van der Waals surface area (Å²) in [5.41, 5.74) is 0.585. The summed E-state index contributed by atoms with van der Waals surface area (Å²) in [4.78, 5) is 12.0. The molecule has 130 valence electrons. The Bertz CT molecular complexity index is 673. The van der Waals surface area contributed by atoms with Crippen LogP contribution in [0.1, 0.15) is 45.7 Å². The SMILES string of the molecule is Cc1cc(NC(=O)NCCC2CCCS2(=O)=O)n(C(C)(C)C)n1. The molecule has 2 heterocycles. The highest BCUT2D eigenvalue weighted by Crippen LogP contribution is 2.23. The summed E-state index contributed by atoms with van der Waals surface area (Å²) >= 11 is 0. The molecular weight excluding hydrogens is 316 g/mol. The maximum absolute atomic E-state index is 12.0. The first kappa shape index (κ1) is 17.8. The Balaban J connectivity index is 1.88. The molecule has 1 aliphatic heterocycles. The molecule has 2 amide bonds. The zero-order valence-corrected chi connectivity index (χ0v) is 15.0. The van der Waals surface area contributed by atoms with Crippen LogP contribution in [0.25, 0.3) is 0 Å². The monoisotopic (exact) mass is 342 g/mol. The zero-order valence-electron chi connectivity index (χ0n) is 14.2. The van der Waals surface area contributed by atoms with Crippen LogP contribution in [0.4, 0.5) is 10.6 Å². The van der Waals surface area contributed by atoms with Crippen molar-refractivity contribution in [2.24, 2.45) is 0 Å². The summed E-state index contributed by atoms with van der Waals surface area (Å²) in [6.45, 7) is 8.24. The molecule has 1 atom stereocenters. The Morgan fingerprint density at radius 3 is 2.70 bits per heavy atom. The van der Waals surface area contributed by atoms with Gasteiger partial charge in [0.15, 0.2) is 9.84 Å². The van der Waals surface area contributed by atoms with Crippen LogP contribution in [-0.4, -0.2) is 41.8 Å². The van der Waals surface area contributed by atoms with Gasteiger partial charge in [0.1, 0.15) is 5.82 Å². The van der Waals surface area contributed by atoms with Gasteiger partial charge in [-0.05, 0) is 47.0 Å². The van der Waals surface area contributed by atoms with Crippen molar-refractivity contribution >= 4 is 21.7 Å². The Morgan fingerprint density at radius 2 is 2.13 bits per heavy atom. The van der Waals surface area contributed by atoms with Crippen LogP contribution in [-0.2, 0) is 15.4 Å². The third-order valence-electron chi connectivity index (χ3n) is 3.92. The molecular formula is C15H26N4O3S. The van der Waals surface area contributed by atoms with Crippen LogP contribution >= 0.6 is 0 Å². The number of carbonyl (C=O) groups excluding carboxylic acids is 1. The van der Waals surface area contributed by atoms with Gasteiger partial charge in [0.25, 0.3) is 0 Å². The standard InChI is InChI=1S/C15H26N4O3S/c1-11-10-13(19(18-11)15(2,3)4)17-14(20)16-8-7-12-6-5-9-23(12,21)22/h10,12H,5-9H2,1-4H3,(H2,16,17,20). The van der Waals surface area contributed by atoms with E-state index in [-0.39, 0.29) is 22.6 Å². The lowest BCUT2D eigenvalue weighted by Gasteiger charge is -2.22. The molecule has 1 fully saturated rings. The number of carbonyl (C=O) groups is 1. The molecule has 0 bridgehead atoms. The number of hydrogen-bond acceptors (Lipinski definition) is 4. The molecule has 7 nitrogen and oxygen atoms in total. The minimum atomic E-state index is -2.95. The quantitative estimate of drug-likeness (QED) is 0.875. The van der Waals surface area contributed by atoms with E-state index in [0.29, 0.717) is 25.2 Å². The van der Waals surface area contributed by atoms with Gasteiger partial charge in [0, 0.05) is 12.6 Å². The summed E-state index contributed by atoms with van der Waals surface area (Å²) < 4.78 is 25.3. The van der Waals surface area contributed by atoms with Crippen molar-refractivity contribution in [2.75, 3.05) is 17.6 Å². The Morgan fingerprint density at radius 1 is 1.43 bits per heavy atom. The molecule has 0 aromatic carbocycles. The molecule has 0 radical (unpaired) electrons. The summed E-state index contributed by atoms with van der Waals surface area (Å²) in [6.07, 6.45) is 1.89. The first-order chi connectivity index (χ1) is 10.6. The van der Waals surface area contributed by atoms with Crippen molar-refractivity contribution in [1.29, 1.82) is 0 Å². The number of aryl methyl sites for hydroxylation is 1. The zero-order chi connectivity index (χ0) is 17.3. The molecule has 2 rings (SSSR count). The van der Waals surface area contributed by atoms with Crippen LogP contribution in [0.3, 0.4) is 0 Å². The number of aromatic nitrogens is 2. The van der Waals surface area contributed by atoms with Crippen molar-refractivity contribution in [1.82, 2.24) is 15.1 Å². The molecule has 8 heteroatoms. The number of nitrogens with zero attached hydrogens (tertiary/aromatic N) is 2. The lowest BCUT2D eigenvalue weighted by molar-refractivity contribution is 0.251. The van der Waals surface area contributed by atoms with Gasteiger partial charge in [-0.1, -0.05) is 0 Å². The number of rotatable bonds is 4. The van der Waals surface area contributed by atoms with Crippen molar-refractivity contribution in [3.05, 3.63) is 11.8 Å². The first-order valence-corrected chi connectivity index (χ1v) is 9.65. The molecule has 1 aliphatic rings. The van der Waals surface area contributed by atoms with E-state index in [1.807, 2.05) is 33.8 Å². The van der Waals surface area contributed by atoms with E-state index in [1.54, 1.807) is 4.68 Å². The number of anilines is 1. The van der Waals surface area contributed by atoms with E-state index in [0.717, 1.165) is 12.1 Å². The highest BCUT2D eigenvalue weighted by molar-refractivity contribution is 7.92. The van der Waals surface area contributed by atoms with Crippen molar-refractivity contribution < 1.29 is 13.2 Å². The molecule has 1 aromatic heterocycles. The molecule has 1 saturated heterocycles. The number of hydrogen-bond donors (Lipinski definition) is 2. The number of nitrogens with one attached hydrogen (secondary N) is 2. The minimum absolute atomic E-state index is 0.241. The van der Waals surface area contributed by atoms with Crippen molar-refractivity contribution in [3.63, 3.8) is 0 Å². The predicted molar refractivity (Wildman–Crippen MR) is 90.4 cm³/mol. The molecule has 0 spiro atoms. The Labute approximate surface area is 137 Å². The van der Waals surface area contributed by atoms with Gasteiger partial charge in [-0.25, -0.2) is 17.9 Å². The smallest absolute Gasteiger partial charge is 0.320 e. The van der Waals surface area contributed by atoms with E-state index in [4.69, 9.17) is 0 Å². The molecule has 23 heavy (non-hydrogen) atoms. The molecule has 0 aliphatic carbocycles. The number of urea groups is 1. The van der Waals surface area contributed by atoms with E-state index in [9.17, 15) is 13.2 Å². The summed E-state index contributed by atoms with van der Waals surface area (Å²) in [7, 11) is -2.95. The molecule has 2 N–H and O–H groups in total. The largest absolute Gasteiger partial charge is 0.338 e. The lowest BCUT2D eigenvalue weighted by atomic mass is 10.1. The van der Waals surface area contributed by atoms with Crippen LogP contribution in [0.15, 0.2) is 6.07 Å². The van der Waals surface area contributed by atoms with E-state index < -0.39 is 9.84 Å². The van der Waals surface area contributed by atoms with Crippen molar-refractivity contribution in [3.8, 4) is 0 Å². The van der Waals surface area contributed by atoms with Gasteiger partial charge in [0.05, 0.1) is 22.2 Å². The fraction of sp³-hybridized carbons (Fsp3) is 0.733. The van der Waals surface area contributed by atoms with E-state index in [2.05, 4.69) is 15.7 Å². The van der Waals surface area contributed by atoms with Crippen molar-refractivity contribution in [2.45, 2.75) is 57.7 Å². The summed E-state index contributed by atoms with van der Waals surface area (Å²) in [5, 5.41) is 9.59. The topological polar surface area (TPSA) is 93.1 Å². The minimum Gasteiger partial charge on any atom is -0.338 e. The third-order valence-corrected chi connectivity index (χ3v) is 6.27. The second-order valence-electron chi connectivity index (χ2n) is 7.05. The Hall–Kier alpha value is -1.57. The number of sulfone groups is 1. The fourth-order valence-electron chi connectivity index (χ4n) is 2.79. The van der Waals surface area contributed by atoms with Crippen LogP contribution in [0.2, 0.25) is 0 Å². The van der Waals surface area contributed by atoms with Crippen LogP contribution in [0, 0.1) is 6.92 Å². The maximum atomic E-state index is 12.0.